The number of nitrogens with one attached hydrogen (secondary N) is 2. The third-order valence-corrected chi connectivity index (χ3v) is 3.52. The standard InChI is InChI=1S/C16H22N2O4/c1-4-21-9-5-8-17-14(19)16(3)15(20)18-12-10-11(2)6-7-13(12)22-16/h6-7,10H,4-5,8-9H2,1-3H3,(H,17,19)(H,18,20). The first-order valence-electron chi connectivity index (χ1n) is 7.44. The fourth-order valence-corrected chi connectivity index (χ4v) is 2.18. The second-order valence-electron chi connectivity index (χ2n) is 5.40. The molecule has 120 valence electrons. The Kier molecular flexibility index (Phi) is 5.03. The van der Waals surface area contributed by atoms with E-state index in [9.17, 15) is 9.59 Å². The van der Waals surface area contributed by atoms with Crippen LogP contribution in [0.5, 0.6) is 5.75 Å². The largest absolute Gasteiger partial charge is 0.466 e. The van der Waals surface area contributed by atoms with Gasteiger partial charge in [-0.3, -0.25) is 9.59 Å². The average molecular weight is 306 g/mol. The minimum atomic E-state index is -1.56. The van der Waals surface area contributed by atoms with Crippen LogP contribution in [0.3, 0.4) is 0 Å². The lowest BCUT2D eigenvalue weighted by atomic mass is 10.0. The molecule has 1 aliphatic rings. The maximum absolute atomic E-state index is 12.3. The Balaban J connectivity index is 2.01. The van der Waals surface area contributed by atoms with E-state index >= 15 is 0 Å². The van der Waals surface area contributed by atoms with Gasteiger partial charge in [0.15, 0.2) is 0 Å². The molecule has 0 spiro atoms. The summed E-state index contributed by atoms with van der Waals surface area (Å²) in [6.45, 7) is 6.97. The van der Waals surface area contributed by atoms with E-state index in [1.54, 1.807) is 6.07 Å². The van der Waals surface area contributed by atoms with Gasteiger partial charge in [-0.25, -0.2) is 0 Å². The molecule has 2 amide bonds. The second-order valence-corrected chi connectivity index (χ2v) is 5.40. The highest BCUT2D eigenvalue weighted by Gasteiger charge is 2.47. The van der Waals surface area contributed by atoms with Gasteiger partial charge in [0.05, 0.1) is 5.69 Å². The van der Waals surface area contributed by atoms with Crippen LogP contribution in [0.1, 0.15) is 25.8 Å². The Morgan fingerprint density at radius 1 is 1.45 bits per heavy atom. The van der Waals surface area contributed by atoms with Crippen molar-refractivity contribution in [3.8, 4) is 5.75 Å². The number of carbonyl (C=O) groups is 2. The fourth-order valence-electron chi connectivity index (χ4n) is 2.18. The fraction of sp³-hybridized carbons (Fsp3) is 0.500. The van der Waals surface area contributed by atoms with Gasteiger partial charge in [-0.15, -0.1) is 0 Å². The molecule has 1 unspecified atom stereocenters. The lowest BCUT2D eigenvalue weighted by Crippen LogP contribution is -2.58. The van der Waals surface area contributed by atoms with Crippen molar-refractivity contribution < 1.29 is 19.1 Å². The average Bonchev–Trinajstić information content (AvgIpc) is 2.48. The zero-order valence-electron chi connectivity index (χ0n) is 13.2. The van der Waals surface area contributed by atoms with Gasteiger partial charge in [-0.2, -0.15) is 0 Å². The quantitative estimate of drug-likeness (QED) is 0.618. The van der Waals surface area contributed by atoms with Crippen molar-refractivity contribution in [1.29, 1.82) is 0 Å². The van der Waals surface area contributed by atoms with Crippen molar-refractivity contribution in [1.82, 2.24) is 5.32 Å². The Hall–Kier alpha value is -2.08. The first kappa shape index (κ1) is 16.3. The van der Waals surface area contributed by atoms with Crippen LogP contribution < -0.4 is 15.4 Å². The molecule has 0 saturated heterocycles. The molecule has 0 fully saturated rings. The molecule has 1 aromatic carbocycles. The SMILES string of the molecule is CCOCCCNC(=O)C1(C)Oc2ccc(C)cc2NC1=O. The lowest BCUT2D eigenvalue weighted by Gasteiger charge is -2.33. The molecular weight excluding hydrogens is 284 g/mol. The zero-order valence-corrected chi connectivity index (χ0v) is 13.2. The number of carbonyl (C=O) groups excluding carboxylic acids is 2. The van der Waals surface area contributed by atoms with E-state index in [0.717, 1.165) is 5.56 Å². The van der Waals surface area contributed by atoms with Crippen molar-refractivity contribution in [2.24, 2.45) is 0 Å². The summed E-state index contributed by atoms with van der Waals surface area (Å²) in [5.74, 6) is -0.419. The van der Waals surface area contributed by atoms with Gasteiger partial charge in [0, 0.05) is 19.8 Å². The number of aryl methyl sites for hydroxylation is 1. The molecule has 1 heterocycles. The van der Waals surface area contributed by atoms with Crippen molar-refractivity contribution in [3.63, 3.8) is 0 Å². The van der Waals surface area contributed by atoms with Crippen LogP contribution in [-0.4, -0.2) is 37.2 Å². The predicted octanol–water partition coefficient (Wildman–Crippen LogP) is 1.63. The summed E-state index contributed by atoms with van der Waals surface area (Å²) in [7, 11) is 0. The van der Waals surface area contributed by atoms with Gasteiger partial charge < -0.3 is 20.1 Å². The minimum Gasteiger partial charge on any atom is -0.466 e. The first-order valence-corrected chi connectivity index (χ1v) is 7.44. The van der Waals surface area contributed by atoms with E-state index in [4.69, 9.17) is 9.47 Å². The third kappa shape index (κ3) is 3.39. The van der Waals surface area contributed by atoms with Crippen LogP contribution in [0.15, 0.2) is 18.2 Å². The summed E-state index contributed by atoms with van der Waals surface area (Å²) in [6, 6.07) is 5.44. The van der Waals surface area contributed by atoms with Gasteiger partial charge in [-0.05, 0) is 44.9 Å². The molecule has 6 nitrogen and oxygen atoms in total. The van der Waals surface area contributed by atoms with Crippen LogP contribution in [0.4, 0.5) is 5.69 Å². The molecule has 0 bridgehead atoms. The second kappa shape index (κ2) is 6.79. The molecule has 6 heteroatoms. The van der Waals surface area contributed by atoms with E-state index in [2.05, 4.69) is 10.6 Å². The maximum atomic E-state index is 12.3. The topological polar surface area (TPSA) is 76.7 Å². The van der Waals surface area contributed by atoms with E-state index in [0.29, 0.717) is 37.6 Å². The smallest absolute Gasteiger partial charge is 0.278 e. The summed E-state index contributed by atoms with van der Waals surface area (Å²) in [4.78, 5) is 24.5. The minimum absolute atomic E-state index is 0.436. The molecule has 1 atom stereocenters. The Morgan fingerprint density at radius 2 is 2.23 bits per heavy atom. The van der Waals surface area contributed by atoms with Gasteiger partial charge in [0.1, 0.15) is 5.75 Å². The van der Waals surface area contributed by atoms with E-state index in [1.165, 1.54) is 6.92 Å². The highest BCUT2D eigenvalue weighted by Crippen LogP contribution is 2.34. The number of rotatable bonds is 6. The third-order valence-electron chi connectivity index (χ3n) is 3.52. The summed E-state index contributed by atoms with van der Waals surface area (Å²) in [6.07, 6.45) is 0.688. The number of fused-ring (bicyclic) bond motifs is 1. The van der Waals surface area contributed by atoms with Crippen molar-refractivity contribution in [2.75, 3.05) is 25.1 Å². The van der Waals surface area contributed by atoms with Gasteiger partial charge >= 0.3 is 0 Å². The highest BCUT2D eigenvalue weighted by atomic mass is 16.5. The molecular formula is C16H22N2O4. The van der Waals surface area contributed by atoms with Crippen LogP contribution in [0, 0.1) is 6.92 Å². The Morgan fingerprint density at radius 3 is 2.95 bits per heavy atom. The molecule has 2 rings (SSSR count). The normalized spacial score (nSPS) is 19.9. The van der Waals surface area contributed by atoms with Crippen LogP contribution in [-0.2, 0) is 14.3 Å². The molecule has 0 aromatic heterocycles. The molecule has 0 saturated carbocycles. The number of amides is 2. The lowest BCUT2D eigenvalue weighted by molar-refractivity contribution is -0.146. The zero-order chi connectivity index (χ0) is 16.2. The Labute approximate surface area is 130 Å². The van der Waals surface area contributed by atoms with E-state index in [1.807, 2.05) is 26.0 Å². The predicted molar refractivity (Wildman–Crippen MR) is 83.0 cm³/mol. The van der Waals surface area contributed by atoms with Crippen molar-refractivity contribution in [2.45, 2.75) is 32.8 Å². The van der Waals surface area contributed by atoms with Crippen molar-refractivity contribution in [3.05, 3.63) is 23.8 Å². The maximum Gasteiger partial charge on any atom is 0.278 e. The monoisotopic (exact) mass is 306 g/mol. The number of benzene rings is 1. The first-order chi connectivity index (χ1) is 10.5. The van der Waals surface area contributed by atoms with Crippen LogP contribution in [0.2, 0.25) is 0 Å². The summed E-state index contributed by atoms with van der Waals surface area (Å²) in [5.41, 5.74) is 0.0340. The molecule has 0 radical (unpaired) electrons. The molecule has 0 aliphatic carbocycles. The highest BCUT2D eigenvalue weighted by molar-refractivity contribution is 6.15. The summed E-state index contributed by atoms with van der Waals surface area (Å²) in [5, 5.41) is 5.45. The Bertz CT molecular complexity index is 573. The van der Waals surface area contributed by atoms with E-state index < -0.39 is 17.4 Å². The number of hydrogen-bond donors (Lipinski definition) is 2. The molecule has 22 heavy (non-hydrogen) atoms. The van der Waals surface area contributed by atoms with E-state index in [-0.39, 0.29) is 0 Å². The van der Waals surface area contributed by atoms with Gasteiger partial charge in [-0.1, -0.05) is 6.07 Å². The molecule has 1 aliphatic heterocycles. The number of ether oxygens (including phenoxy) is 2. The van der Waals surface area contributed by atoms with Crippen LogP contribution >= 0.6 is 0 Å². The number of anilines is 1. The van der Waals surface area contributed by atoms with Crippen molar-refractivity contribution >= 4 is 17.5 Å². The number of hydrogen-bond acceptors (Lipinski definition) is 4. The van der Waals surface area contributed by atoms with Gasteiger partial charge in [0.2, 0.25) is 0 Å². The van der Waals surface area contributed by atoms with Gasteiger partial charge in [0.25, 0.3) is 17.4 Å². The molecule has 1 aromatic rings. The van der Waals surface area contributed by atoms with Crippen LogP contribution in [0.25, 0.3) is 0 Å². The summed E-state index contributed by atoms with van der Waals surface area (Å²) < 4.78 is 10.9. The molecule has 2 N–H and O–H groups in total. The summed E-state index contributed by atoms with van der Waals surface area (Å²) >= 11 is 0.